The van der Waals surface area contributed by atoms with Crippen molar-refractivity contribution in [3.8, 4) is 0 Å². The molecule has 2 rings (SSSR count). The van der Waals surface area contributed by atoms with Gasteiger partial charge in [-0.3, -0.25) is 0 Å². The molecule has 2 aromatic rings. The summed E-state index contributed by atoms with van der Waals surface area (Å²) in [5.41, 5.74) is 7.16. The van der Waals surface area contributed by atoms with Crippen molar-refractivity contribution in [3.63, 3.8) is 0 Å². The summed E-state index contributed by atoms with van der Waals surface area (Å²) in [7, 11) is 0. The van der Waals surface area contributed by atoms with Crippen LogP contribution in [0.2, 0.25) is 5.02 Å². The van der Waals surface area contributed by atoms with Gasteiger partial charge in [0.2, 0.25) is 5.95 Å². The number of hydrogen-bond donors (Lipinski definition) is 1. The highest BCUT2D eigenvalue weighted by Crippen LogP contribution is 2.25. The molecule has 0 aliphatic heterocycles. The van der Waals surface area contributed by atoms with E-state index in [0.717, 1.165) is 13.0 Å². The van der Waals surface area contributed by atoms with Crippen LogP contribution >= 0.6 is 11.6 Å². The van der Waals surface area contributed by atoms with Gasteiger partial charge in [-0.1, -0.05) is 25.4 Å². The van der Waals surface area contributed by atoms with Crippen LogP contribution in [0, 0.1) is 11.7 Å². The average molecular weight is 256 g/mol. The summed E-state index contributed by atoms with van der Waals surface area (Å²) in [4.78, 5) is 4.18. The fourth-order valence-electron chi connectivity index (χ4n) is 1.76. The van der Waals surface area contributed by atoms with Crippen LogP contribution in [0.25, 0.3) is 11.0 Å². The molecule has 92 valence electrons. The Bertz CT molecular complexity index is 548. The number of rotatable bonds is 3. The highest BCUT2D eigenvalue weighted by Gasteiger charge is 2.11. The van der Waals surface area contributed by atoms with Gasteiger partial charge in [0.05, 0.1) is 16.1 Å². The fraction of sp³-hybridized carbons (Fsp3) is 0.417. The summed E-state index contributed by atoms with van der Waals surface area (Å²) in [5, 5.41) is 0.0750. The predicted molar refractivity (Wildman–Crippen MR) is 68.6 cm³/mol. The lowest BCUT2D eigenvalue weighted by Crippen LogP contribution is -2.05. The van der Waals surface area contributed by atoms with Crippen molar-refractivity contribution in [1.82, 2.24) is 9.55 Å². The minimum Gasteiger partial charge on any atom is -0.369 e. The molecule has 0 aliphatic rings. The smallest absolute Gasteiger partial charge is 0.201 e. The fourth-order valence-corrected chi connectivity index (χ4v) is 1.92. The molecule has 3 nitrogen and oxygen atoms in total. The average Bonchev–Trinajstić information content (AvgIpc) is 2.52. The molecule has 17 heavy (non-hydrogen) atoms. The highest BCUT2D eigenvalue weighted by molar-refractivity contribution is 6.31. The molecule has 0 fully saturated rings. The Morgan fingerprint density at radius 1 is 1.47 bits per heavy atom. The van der Waals surface area contributed by atoms with Crippen molar-refractivity contribution in [1.29, 1.82) is 0 Å². The Morgan fingerprint density at radius 2 is 2.18 bits per heavy atom. The van der Waals surface area contributed by atoms with E-state index in [1.165, 1.54) is 12.1 Å². The van der Waals surface area contributed by atoms with Gasteiger partial charge in [0.15, 0.2) is 0 Å². The molecule has 0 unspecified atom stereocenters. The zero-order chi connectivity index (χ0) is 12.6. The van der Waals surface area contributed by atoms with Crippen LogP contribution in [-0.2, 0) is 6.54 Å². The third-order valence-electron chi connectivity index (χ3n) is 2.75. The lowest BCUT2D eigenvalue weighted by molar-refractivity contribution is 0.525. The molecule has 0 aliphatic carbocycles. The summed E-state index contributed by atoms with van der Waals surface area (Å²) < 4.78 is 15.3. The van der Waals surface area contributed by atoms with Crippen LogP contribution in [0.5, 0.6) is 0 Å². The lowest BCUT2D eigenvalue weighted by Gasteiger charge is -2.08. The zero-order valence-corrected chi connectivity index (χ0v) is 10.6. The van der Waals surface area contributed by atoms with E-state index >= 15 is 0 Å². The molecule has 1 heterocycles. The van der Waals surface area contributed by atoms with Gasteiger partial charge in [-0.2, -0.15) is 0 Å². The Labute approximate surface area is 104 Å². The standard InChI is InChI=1S/C12H15ClFN3/c1-7(2)3-4-17-11-6-9(14)8(13)5-10(11)16-12(17)15/h5-7H,3-4H2,1-2H3,(H2,15,16). The molecule has 0 radical (unpaired) electrons. The van der Waals surface area contributed by atoms with Gasteiger partial charge >= 0.3 is 0 Å². The van der Waals surface area contributed by atoms with Crippen LogP contribution in [0.3, 0.4) is 0 Å². The first-order valence-electron chi connectivity index (χ1n) is 5.59. The summed E-state index contributed by atoms with van der Waals surface area (Å²) in [6.45, 7) is 5.00. The van der Waals surface area contributed by atoms with E-state index < -0.39 is 5.82 Å². The number of fused-ring (bicyclic) bond motifs is 1. The van der Waals surface area contributed by atoms with Crippen LogP contribution < -0.4 is 5.73 Å². The minimum atomic E-state index is -0.440. The lowest BCUT2D eigenvalue weighted by atomic mass is 10.1. The van der Waals surface area contributed by atoms with E-state index in [0.29, 0.717) is 22.9 Å². The Hall–Kier alpha value is -1.29. The van der Waals surface area contributed by atoms with Crippen LogP contribution in [0.4, 0.5) is 10.3 Å². The largest absolute Gasteiger partial charge is 0.369 e. The number of aromatic nitrogens is 2. The van der Waals surface area contributed by atoms with Crippen LogP contribution in [0.15, 0.2) is 12.1 Å². The maximum Gasteiger partial charge on any atom is 0.201 e. The molecule has 0 saturated heterocycles. The van der Waals surface area contributed by atoms with Crippen molar-refractivity contribution >= 4 is 28.6 Å². The second-order valence-corrected chi connectivity index (χ2v) is 4.97. The Balaban J connectivity index is 2.47. The highest BCUT2D eigenvalue weighted by atomic mass is 35.5. The first kappa shape index (κ1) is 12.2. The van der Waals surface area contributed by atoms with Crippen molar-refractivity contribution in [2.24, 2.45) is 5.92 Å². The number of anilines is 1. The molecule has 0 bridgehead atoms. The van der Waals surface area contributed by atoms with Gasteiger partial charge in [0, 0.05) is 12.6 Å². The van der Waals surface area contributed by atoms with Crippen molar-refractivity contribution in [3.05, 3.63) is 23.0 Å². The van der Waals surface area contributed by atoms with Gasteiger partial charge in [0.25, 0.3) is 0 Å². The number of halogens is 2. The van der Waals surface area contributed by atoms with Gasteiger partial charge in [-0.05, 0) is 18.4 Å². The summed E-state index contributed by atoms with van der Waals surface area (Å²) in [6.07, 6.45) is 0.972. The Kier molecular flexibility index (Phi) is 3.24. The van der Waals surface area contributed by atoms with Crippen LogP contribution in [0.1, 0.15) is 20.3 Å². The summed E-state index contributed by atoms with van der Waals surface area (Å²) in [5.74, 6) is 0.524. The quantitative estimate of drug-likeness (QED) is 0.913. The molecule has 0 saturated carbocycles. The molecular formula is C12H15ClFN3. The summed E-state index contributed by atoms with van der Waals surface area (Å²) in [6, 6.07) is 2.90. The zero-order valence-electron chi connectivity index (χ0n) is 9.87. The van der Waals surface area contributed by atoms with Gasteiger partial charge in [-0.25, -0.2) is 9.37 Å². The number of nitrogen functional groups attached to an aromatic ring is 1. The third kappa shape index (κ3) is 2.36. The molecule has 1 aromatic heterocycles. The monoisotopic (exact) mass is 255 g/mol. The molecule has 0 amide bonds. The maximum atomic E-state index is 13.4. The molecule has 0 atom stereocenters. The molecular weight excluding hydrogens is 241 g/mol. The van der Waals surface area contributed by atoms with E-state index in [1.807, 2.05) is 4.57 Å². The van der Waals surface area contributed by atoms with Gasteiger partial charge in [-0.15, -0.1) is 0 Å². The second kappa shape index (κ2) is 4.53. The van der Waals surface area contributed by atoms with Gasteiger partial charge in [0.1, 0.15) is 5.82 Å². The van der Waals surface area contributed by atoms with E-state index in [2.05, 4.69) is 18.8 Å². The molecule has 2 N–H and O–H groups in total. The minimum absolute atomic E-state index is 0.0750. The first-order valence-corrected chi connectivity index (χ1v) is 5.97. The van der Waals surface area contributed by atoms with Gasteiger partial charge < -0.3 is 10.3 Å². The molecule has 5 heteroatoms. The Morgan fingerprint density at radius 3 is 2.82 bits per heavy atom. The maximum absolute atomic E-state index is 13.4. The first-order chi connectivity index (χ1) is 7.99. The molecule has 0 spiro atoms. The predicted octanol–water partition coefficient (Wildman–Crippen LogP) is 3.46. The number of imidazole rings is 1. The number of hydrogen-bond acceptors (Lipinski definition) is 2. The van der Waals surface area contributed by atoms with Crippen molar-refractivity contribution < 1.29 is 4.39 Å². The number of nitrogens with zero attached hydrogens (tertiary/aromatic N) is 2. The number of nitrogens with two attached hydrogens (primary N) is 1. The van der Waals surface area contributed by atoms with E-state index in [1.54, 1.807) is 0 Å². The second-order valence-electron chi connectivity index (χ2n) is 4.56. The third-order valence-corrected chi connectivity index (χ3v) is 3.04. The van der Waals surface area contributed by atoms with Crippen molar-refractivity contribution in [2.45, 2.75) is 26.8 Å². The topological polar surface area (TPSA) is 43.8 Å². The molecule has 1 aromatic carbocycles. The van der Waals surface area contributed by atoms with Crippen LogP contribution in [-0.4, -0.2) is 9.55 Å². The van der Waals surface area contributed by atoms with E-state index in [9.17, 15) is 4.39 Å². The van der Waals surface area contributed by atoms with E-state index in [-0.39, 0.29) is 5.02 Å². The normalized spacial score (nSPS) is 11.6. The number of benzene rings is 1. The SMILES string of the molecule is CC(C)CCn1c(N)nc2cc(Cl)c(F)cc21. The summed E-state index contributed by atoms with van der Waals surface area (Å²) >= 11 is 5.71. The van der Waals surface area contributed by atoms with E-state index in [4.69, 9.17) is 17.3 Å². The number of aryl methyl sites for hydroxylation is 1. The van der Waals surface area contributed by atoms with Crippen molar-refractivity contribution in [2.75, 3.05) is 5.73 Å².